The molecule has 4 heteroatoms. The summed E-state index contributed by atoms with van der Waals surface area (Å²) < 4.78 is 11.3. The molecule has 2 aromatic heterocycles. The number of hydrogen-bond donors (Lipinski definition) is 0. The normalized spacial score (nSPS) is 11.0. The number of aryl methyl sites for hydroxylation is 3. The lowest BCUT2D eigenvalue weighted by Crippen LogP contribution is -2.01. The lowest BCUT2D eigenvalue weighted by molar-refractivity contribution is 0.102. The predicted octanol–water partition coefficient (Wildman–Crippen LogP) is 5.07. The summed E-state index contributed by atoms with van der Waals surface area (Å²) in [6.07, 6.45) is 5.08. The van der Waals surface area contributed by atoms with Crippen LogP contribution in [0.2, 0.25) is 0 Å². The third kappa shape index (κ3) is 4.28. The fourth-order valence-electron chi connectivity index (χ4n) is 2.76. The Labute approximate surface area is 153 Å². The van der Waals surface area contributed by atoms with Crippen molar-refractivity contribution < 1.29 is 13.9 Å². The number of carbonyl (C=O) groups excluding carboxylic acids is 1. The number of allylic oxidation sites excluding steroid dienone is 1. The molecule has 4 nitrogen and oxygen atoms in total. The molecule has 0 aliphatic heterocycles. The Balaban J connectivity index is 1.72. The molecule has 26 heavy (non-hydrogen) atoms. The Morgan fingerprint density at radius 1 is 1.12 bits per heavy atom. The number of furan rings is 1. The minimum Gasteiger partial charge on any atom is -0.487 e. The smallest absolute Gasteiger partial charge is 0.221 e. The number of ketones is 1. The first-order chi connectivity index (χ1) is 12.5. The Hall–Kier alpha value is -3.14. The summed E-state index contributed by atoms with van der Waals surface area (Å²) in [6.45, 7) is 6.23. The molecule has 0 aliphatic rings. The molecule has 132 valence electrons. The van der Waals surface area contributed by atoms with E-state index in [1.165, 1.54) is 6.08 Å². The van der Waals surface area contributed by atoms with Crippen LogP contribution in [0.1, 0.15) is 38.7 Å². The third-order valence-electron chi connectivity index (χ3n) is 3.98. The highest BCUT2D eigenvalue weighted by Gasteiger charge is 2.08. The van der Waals surface area contributed by atoms with Gasteiger partial charge < -0.3 is 9.15 Å². The SMILES string of the molecule is Cc1ccc(C(=O)C=Cc2cc(C)c(OCc3ccccn3)c(C)c2)o1. The highest BCUT2D eigenvalue weighted by Crippen LogP contribution is 2.26. The maximum absolute atomic E-state index is 12.1. The first-order valence-corrected chi connectivity index (χ1v) is 8.46. The molecule has 0 saturated heterocycles. The third-order valence-corrected chi connectivity index (χ3v) is 3.98. The van der Waals surface area contributed by atoms with Crippen LogP contribution in [-0.2, 0) is 6.61 Å². The quantitative estimate of drug-likeness (QED) is 0.461. The monoisotopic (exact) mass is 347 g/mol. The van der Waals surface area contributed by atoms with Crippen LogP contribution >= 0.6 is 0 Å². The maximum atomic E-state index is 12.1. The van der Waals surface area contributed by atoms with Gasteiger partial charge >= 0.3 is 0 Å². The number of ether oxygens (including phenoxy) is 1. The summed E-state index contributed by atoms with van der Waals surface area (Å²) in [4.78, 5) is 16.4. The standard InChI is InChI=1S/C22H21NO3/c1-15-12-18(8-9-20(24)21-10-7-17(3)26-21)13-16(2)22(15)25-14-19-6-4-5-11-23-19/h4-13H,14H2,1-3H3. The molecule has 0 atom stereocenters. The molecule has 0 saturated carbocycles. The van der Waals surface area contributed by atoms with Crippen LogP contribution in [-0.4, -0.2) is 10.8 Å². The maximum Gasteiger partial charge on any atom is 0.221 e. The van der Waals surface area contributed by atoms with E-state index in [0.717, 1.165) is 33.9 Å². The summed E-state index contributed by atoms with van der Waals surface area (Å²) in [7, 11) is 0. The first kappa shape index (κ1) is 17.7. The Morgan fingerprint density at radius 3 is 2.50 bits per heavy atom. The molecule has 0 fully saturated rings. The summed E-state index contributed by atoms with van der Waals surface area (Å²) >= 11 is 0. The number of hydrogen-bond acceptors (Lipinski definition) is 4. The number of carbonyl (C=O) groups is 1. The number of rotatable bonds is 6. The summed E-state index contributed by atoms with van der Waals surface area (Å²) in [5, 5.41) is 0. The molecule has 1 aromatic carbocycles. The topological polar surface area (TPSA) is 52.3 Å². The minimum atomic E-state index is -0.149. The van der Waals surface area contributed by atoms with E-state index in [4.69, 9.17) is 9.15 Å². The molecule has 0 amide bonds. The van der Waals surface area contributed by atoms with E-state index in [1.54, 1.807) is 24.4 Å². The van der Waals surface area contributed by atoms with Crippen molar-refractivity contribution in [1.29, 1.82) is 0 Å². The molecule has 0 spiro atoms. The van der Waals surface area contributed by atoms with E-state index >= 15 is 0 Å². The molecule has 0 aliphatic carbocycles. The highest BCUT2D eigenvalue weighted by molar-refractivity contribution is 6.04. The predicted molar refractivity (Wildman–Crippen MR) is 101 cm³/mol. The molecule has 0 radical (unpaired) electrons. The molecule has 0 unspecified atom stereocenters. The second-order valence-electron chi connectivity index (χ2n) is 6.20. The van der Waals surface area contributed by atoms with Crippen molar-refractivity contribution in [2.75, 3.05) is 0 Å². The van der Waals surface area contributed by atoms with Gasteiger partial charge in [-0.15, -0.1) is 0 Å². The van der Waals surface area contributed by atoms with Crippen molar-refractivity contribution in [2.24, 2.45) is 0 Å². The van der Waals surface area contributed by atoms with Gasteiger partial charge in [0.2, 0.25) is 5.78 Å². The van der Waals surface area contributed by atoms with Crippen LogP contribution in [0, 0.1) is 20.8 Å². The lowest BCUT2D eigenvalue weighted by Gasteiger charge is -2.13. The van der Waals surface area contributed by atoms with Gasteiger partial charge in [0, 0.05) is 6.20 Å². The van der Waals surface area contributed by atoms with Gasteiger partial charge in [-0.2, -0.15) is 0 Å². The van der Waals surface area contributed by atoms with E-state index < -0.39 is 0 Å². The number of benzene rings is 1. The van der Waals surface area contributed by atoms with Gasteiger partial charge in [0.25, 0.3) is 0 Å². The first-order valence-electron chi connectivity index (χ1n) is 8.46. The van der Waals surface area contributed by atoms with E-state index in [-0.39, 0.29) is 5.78 Å². The van der Waals surface area contributed by atoms with Gasteiger partial charge in [-0.3, -0.25) is 9.78 Å². The molecule has 3 rings (SSSR count). The van der Waals surface area contributed by atoms with Crippen molar-refractivity contribution in [1.82, 2.24) is 4.98 Å². The fourth-order valence-corrected chi connectivity index (χ4v) is 2.76. The second kappa shape index (κ2) is 7.83. The van der Waals surface area contributed by atoms with E-state index in [0.29, 0.717) is 12.4 Å². The zero-order chi connectivity index (χ0) is 18.5. The summed E-state index contributed by atoms with van der Waals surface area (Å²) in [6, 6.07) is 13.2. The number of aromatic nitrogens is 1. The van der Waals surface area contributed by atoms with Gasteiger partial charge in [0.1, 0.15) is 18.1 Å². The van der Waals surface area contributed by atoms with Gasteiger partial charge in [-0.25, -0.2) is 0 Å². The van der Waals surface area contributed by atoms with Crippen molar-refractivity contribution in [3.8, 4) is 5.75 Å². The molecular formula is C22H21NO3. The van der Waals surface area contributed by atoms with Gasteiger partial charge in [0.15, 0.2) is 5.76 Å². The van der Waals surface area contributed by atoms with Crippen LogP contribution in [0.5, 0.6) is 5.75 Å². The van der Waals surface area contributed by atoms with E-state index in [9.17, 15) is 4.79 Å². The zero-order valence-corrected chi connectivity index (χ0v) is 15.2. The molecule has 3 aromatic rings. The number of pyridine rings is 1. The average Bonchev–Trinajstić information content (AvgIpc) is 3.06. The van der Waals surface area contributed by atoms with Crippen LogP contribution in [0.25, 0.3) is 6.08 Å². The largest absolute Gasteiger partial charge is 0.487 e. The Morgan fingerprint density at radius 2 is 1.88 bits per heavy atom. The van der Waals surface area contributed by atoms with Crippen molar-refractivity contribution >= 4 is 11.9 Å². The Kier molecular flexibility index (Phi) is 5.32. The average molecular weight is 347 g/mol. The van der Waals surface area contributed by atoms with Gasteiger partial charge in [-0.05, 0) is 79.9 Å². The molecule has 0 N–H and O–H groups in total. The van der Waals surface area contributed by atoms with Crippen molar-refractivity contribution in [3.63, 3.8) is 0 Å². The summed E-state index contributed by atoms with van der Waals surface area (Å²) in [5.74, 6) is 1.77. The second-order valence-corrected chi connectivity index (χ2v) is 6.20. The van der Waals surface area contributed by atoms with Crippen LogP contribution in [0.3, 0.4) is 0 Å². The molecule has 2 heterocycles. The minimum absolute atomic E-state index is 0.149. The highest BCUT2D eigenvalue weighted by atomic mass is 16.5. The Bertz CT molecular complexity index is 916. The fraction of sp³-hybridized carbons (Fsp3) is 0.182. The zero-order valence-electron chi connectivity index (χ0n) is 15.2. The lowest BCUT2D eigenvalue weighted by atomic mass is 10.0. The van der Waals surface area contributed by atoms with Gasteiger partial charge in [-0.1, -0.05) is 12.1 Å². The van der Waals surface area contributed by atoms with Crippen LogP contribution < -0.4 is 4.74 Å². The molecular weight excluding hydrogens is 326 g/mol. The van der Waals surface area contributed by atoms with E-state index in [1.807, 2.05) is 51.1 Å². The van der Waals surface area contributed by atoms with Gasteiger partial charge in [0.05, 0.1) is 5.69 Å². The summed E-state index contributed by atoms with van der Waals surface area (Å²) in [5.41, 5.74) is 3.86. The number of nitrogens with zero attached hydrogens (tertiary/aromatic N) is 1. The van der Waals surface area contributed by atoms with E-state index in [2.05, 4.69) is 4.98 Å². The van der Waals surface area contributed by atoms with Crippen LogP contribution in [0.15, 0.2) is 59.2 Å². The molecule has 0 bridgehead atoms. The van der Waals surface area contributed by atoms with Crippen molar-refractivity contribution in [3.05, 3.63) is 88.6 Å². The van der Waals surface area contributed by atoms with Crippen molar-refractivity contribution in [2.45, 2.75) is 27.4 Å². The van der Waals surface area contributed by atoms with Crippen LogP contribution in [0.4, 0.5) is 0 Å².